The predicted octanol–water partition coefficient (Wildman–Crippen LogP) is 1.80. The Morgan fingerprint density at radius 2 is 2.42 bits per heavy atom. The minimum Gasteiger partial charge on any atom is -0.305 e. The van der Waals surface area contributed by atoms with Crippen LogP contribution in [0.2, 0.25) is 5.02 Å². The quantitative estimate of drug-likeness (QED) is 0.628. The van der Waals surface area contributed by atoms with E-state index >= 15 is 0 Å². The Bertz CT molecular complexity index is 436. The molecule has 3 nitrogen and oxygen atoms in total. The van der Waals surface area contributed by atoms with Gasteiger partial charge in [0.05, 0.1) is 5.02 Å². The number of hydrogen-bond donors (Lipinski definition) is 0. The normalized spacial score (nSPS) is 10.4. The molecule has 12 heavy (non-hydrogen) atoms. The van der Waals surface area contributed by atoms with Crippen LogP contribution in [0.3, 0.4) is 0 Å². The number of aldehydes is 1. The van der Waals surface area contributed by atoms with Crippen LogP contribution < -0.4 is 0 Å². The van der Waals surface area contributed by atoms with Gasteiger partial charge in [0.25, 0.3) is 0 Å². The first-order chi connectivity index (χ1) is 5.81. The van der Waals surface area contributed by atoms with Crippen LogP contribution in [0.1, 0.15) is 10.4 Å². The third kappa shape index (κ3) is 0.987. The van der Waals surface area contributed by atoms with Crippen LogP contribution in [0.15, 0.2) is 24.7 Å². The number of pyridine rings is 1. The lowest BCUT2D eigenvalue weighted by atomic mass is 10.3. The summed E-state index contributed by atoms with van der Waals surface area (Å²) in [6.45, 7) is 0. The Hall–Kier alpha value is -1.35. The van der Waals surface area contributed by atoms with Gasteiger partial charge in [0, 0.05) is 24.2 Å². The van der Waals surface area contributed by atoms with E-state index < -0.39 is 0 Å². The van der Waals surface area contributed by atoms with Gasteiger partial charge in [-0.3, -0.25) is 4.79 Å². The zero-order valence-electron chi connectivity index (χ0n) is 6.07. The molecule has 0 fully saturated rings. The van der Waals surface area contributed by atoms with Crippen LogP contribution in [-0.2, 0) is 0 Å². The number of nitrogens with zero attached hydrogens (tertiary/aromatic N) is 2. The Morgan fingerprint density at radius 1 is 1.58 bits per heavy atom. The zero-order valence-corrected chi connectivity index (χ0v) is 6.82. The molecule has 0 spiro atoms. The standard InChI is InChI=1S/C8H5ClN2O/c9-7-3-6(5-12)4-11-2-1-10-8(7)11/h1-5H. The summed E-state index contributed by atoms with van der Waals surface area (Å²) in [6, 6.07) is 1.59. The van der Waals surface area contributed by atoms with Crippen LogP contribution in [0.4, 0.5) is 0 Å². The minimum atomic E-state index is 0.490. The van der Waals surface area contributed by atoms with Gasteiger partial charge in [-0.2, -0.15) is 0 Å². The van der Waals surface area contributed by atoms with E-state index in [0.717, 1.165) is 6.29 Å². The third-order valence-electron chi connectivity index (χ3n) is 1.60. The largest absolute Gasteiger partial charge is 0.305 e. The maximum absolute atomic E-state index is 10.4. The molecule has 0 saturated carbocycles. The SMILES string of the molecule is O=Cc1cc(Cl)c2nccn2c1. The lowest BCUT2D eigenvalue weighted by Gasteiger charge is -1.96. The molecule has 0 radical (unpaired) electrons. The van der Waals surface area contributed by atoms with E-state index in [1.807, 2.05) is 0 Å². The van der Waals surface area contributed by atoms with Gasteiger partial charge in [0.15, 0.2) is 11.9 Å². The number of rotatable bonds is 1. The molecule has 0 aliphatic rings. The first kappa shape index (κ1) is 7.31. The number of carbonyl (C=O) groups excluding carboxylic acids is 1. The van der Waals surface area contributed by atoms with Crippen molar-refractivity contribution in [1.29, 1.82) is 0 Å². The highest BCUT2D eigenvalue weighted by Gasteiger charge is 2.01. The number of fused-ring (bicyclic) bond motifs is 1. The summed E-state index contributed by atoms with van der Waals surface area (Å²) in [5, 5.41) is 0.490. The summed E-state index contributed by atoms with van der Waals surface area (Å²) >= 11 is 5.84. The molecule has 0 bridgehead atoms. The van der Waals surface area contributed by atoms with Crippen LogP contribution in [0.5, 0.6) is 0 Å². The first-order valence-corrected chi connectivity index (χ1v) is 3.76. The van der Waals surface area contributed by atoms with E-state index in [1.54, 1.807) is 29.1 Å². The summed E-state index contributed by atoms with van der Waals surface area (Å²) in [5.74, 6) is 0. The van der Waals surface area contributed by atoms with Crippen LogP contribution >= 0.6 is 11.6 Å². The van der Waals surface area contributed by atoms with Gasteiger partial charge >= 0.3 is 0 Å². The number of hydrogen-bond acceptors (Lipinski definition) is 2. The van der Waals surface area contributed by atoms with E-state index in [9.17, 15) is 4.79 Å². The average Bonchev–Trinajstić information content (AvgIpc) is 2.52. The second-order valence-corrected chi connectivity index (χ2v) is 2.80. The van der Waals surface area contributed by atoms with Gasteiger partial charge in [0.2, 0.25) is 0 Å². The molecular weight excluding hydrogens is 176 g/mol. The summed E-state index contributed by atoms with van der Waals surface area (Å²) in [4.78, 5) is 14.4. The Morgan fingerprint density at radius 3 is 3.17 bits per heavy atom. The predicted molar refractivity (Wildman–Crippen MR) is 45.6 cm³/mol. The molecule has 2 heterocycles. The minimum absolute atomic E-state index is 0.490. The summed E-state index contributed by atoms with van der Waals surface area (Å²) < 4.78 is 1.71. The van der Waals surface area contributed by atoms with E-state index in [1.165, 1.54) is 0 Å². The fourth-order valence-electron chi connectivity index (χ4n) is 1.08. The Kier molecular flexibility index (Phi) is 1.59. The van der Waals surface area contributed by atoms with E-state index in [4.69, 9.17) is 11.6 Å². The van der Waals surface area contributed by atoms with Crippen molar-refractivity contribution in [2.75, 3.05) is 0 Å². The van der Waals surface area contributed by atoms with Gasteiger partial charge in [-0.15, -0.1) is 0 Å². The maximum atomic E-state index is 10.4. The lowest BCUT2D eigenvalue weighted by Crippen LogP contribution is -1.88. The molecule has 0 atom stereocenters. The highest BCUT2D eigenvalue weighted by molar-refractivity contribution is 6.33. The van der Waals surface area contributed by atoms with Crippen molar-refractivity contribution >= 4 is 23.5 Å². The van der Waals surface area contributed by atoms with Crippen molar-refractivity contribution in [1.82, 2.24) is 9.38 Å². The molecule has 0 aromatic carbocycles. The molecule has 4 heteroatoms. The average molecular weight is 181 g/mol. The monoisotopic (exact) mass is 180 g/mol. The van der Waals surface area contributed by atoms with Crippen LogP contribution in [0.25, 0.3) is 5.65 Å². The van der Waals surface area contributed by atoms with Crippen LogP contribution in [-0.4, -0.2) is 15.7 Å². The van der Waals surface area contributed by atoms with E-state index in [-0.39, 0.29) is 0 Å². The molecule has 0 unspecified atom stereocenters. The van der Waals surface area contributed by atoms with Crippen molar-refractivity contribution in [3.8, 4) is 0 Å². The van der Waals surface area contributed by atoms with E-state index in [2.05, 4.69) is 4.98 Å². The number of imidazole rings is 1. The lowest BCUT2D eigenvalue weighted by molar-refractivity contribution is 0.112. The molecule has 60 valence electrons. The molecule has 2 aromatic rings. The van der Waals surface area contributed by atoms with Crippen molar-refractivity contribution in [2.45, 2.75) is 0 Å². The topological polar surface area (TPSA) is 34.4 Å². The first-order valence-electron chi connectivity index (χ1n) is 3.38. The highest BCUT2D eigenvalue weighted by Crippen LogP contribution is 2.16. The van der Waals surface area contributed by atoms with Gasteiger partial charge in [0.1, 0.15) is 0 Å². The smallest absolute Gasteiger partial charge is 0.155 e. The Balaban J connectivity index is 2.83. The fraction of sp³-hybridized carbons (Fsp3) is 0. The van der Waals surface area contributed by atoms with Crippen molar-refractivity contribution < 1.29 is 4.79 Å². The summed E-state index contributed by atoms with van der Waals surface area (Å²) in [7, 11) is 0. The molecule has 0 amide bonds. The molecule has 2 rings (SSSR count). The van der Waals surface area contributed by atoms with Crippen molar-refractivity contribution in [3.63, 3.8) is 0 Å². The molecule has 0 N–H and O–H groups in total. The maximum Gasteiger partial charge on any atom is 0.155 e. The highest BCUT2D eigenvalue weighted by atomic mass is 35.5. The molecular formula is C8H5ClN2O. The fourth-order valence-corrected chi connectivity index (χ4v) is 1.35. The number of halogens is 1. The number of carbonyl (C=O) groups is 1. The zero-order chi connectivity index (χ0) is 8.55. The van der Waals surface area contributed by atoms with Gasteiger partial charge in [-0.25, -0.2) is 4.98 Å². The molecule has 0 aliphatic carbocycles. The molecule has 0 aliphatic heterocycles. The van der Waals surface area contributed by atoms with Crippen molar-refractivity contribution in [2.24, 2.45) is 0 Å². The number of aromatic nitrogens is 2. The molecule has 0 saturated heterocycles. The summed E-state index contributed by atoms with van der Waals surface area (Å²) in [5.41, 5.74) is 1.22. The second kappa shape index (κ2) is 2.60. The van der Waals surface area contributed by atoms with Gasteiger partial charge in [-0.05, 0) is 6.07 Å². The van der Waals surface area contributed by atoms with Gasteiger partial charge < -0.3 is 4.40 Å². The summed E-state index contributed by atoms with van der Waals surface area (Å²) in [6.07, 6.45) is 5.82. The van der Waals surface area contributed by atoms with Crippen LogP contribution in [0, 0.1) is 0 Å². The second-order valence-electron chi connectivity index (χ2n) is 2.40. The third-order valence-corrected chi connectivity index (χ3v) is 1.88. The van der Waals surface area contributed by atoms with Crippen molar-refractivity contribution in [3.05, 3.63) is 35.2 Å². The van der Waals surface area contributed by atoms with E-state index in [0.29, 0.717) is 16.2 Å². The van der Waals surface area contributed by atoms with Gasteiger partial charge in [-0.1, -0.05) is 11.6 Å². The Labute approximate surface area is 73.6 Å². The molecule has 2 aromatic heterocycles.